The zero-order chi connectivity index (χ0) is 14.6. The van der Waals surface area contributed by atoms with Crippen molar-refractivity contribution in [3.8, 4) is 0 Å². The second-order valence-corrected chi connectivity index (χ2v) is 6.13. The van der Waals surface area contributed by atoms with Gasteiger partial charge in [-0.05, 0) is 25.2 Å². The highest BCUT2D eigenvalue weighted by Crippen LogP contribution is 2.26. The number of unbranched alkanes of at least 4 members (excludes halogenated alkanes) is 6. The summed E-state index contributed by atoms with van der Waals surface area (Å²) in [6.07, 6.45) is 13.0. The van der Waals surface area contributed by atoms with Crippen molar-refractivity contribution in [2.75, 3.05) is 6.61 Å². The highest BCUT2D eigenvalue weighted by atomic mass is 16.5. The first-order chi connectivity index (χ1) is 9.75. The van der Waals surface area contributed by atoms with E-state index in [4.69, 9.17) is 4.74 Å². The van der Waals surface area contributed by atoms with Crippen LogP contribution in [-0.4, -0.2) is 23.8 Å². The summed E-state index contributed by atoms with van der Waals surface area (Å²) in [6, 6.07) is 0. The molecule has 1 aliphatic carbocycles. The monoisotopic (exact) mass is 284 g/mol. The van der Waals surface area contributed by atoms with Crippen molar-refractivity contribution in [1.82, 2.24) is 0 Å². The Morgan fingerprint density at radius 2 is 1.65 bits per heavy atom. The molecule has 0 aromatic heterocycles. The van der Waals surface area contributed by atoms with Crippen molar-refractivity contribution in [2.45, 2.75) is 90.1 Å². The van der Waals surface area contributed by atoms with Crippen LogP contribution in [0.1, 0.15) is 84.0 Å². The number of ether oxygens (including phenoxy) is 1. The third-order valence-electron chi connectivity index (χ3n) is 4.33. The number of esters is 1. The molecule has 1 atom stereocenters. The molecule has 0 aromatic rings. The maximum absolute atomic E-state index is 11.7. The van der Waals surface area contributed by atoms with Crippen LogP contribution >= 0.6 is 0 Å². The molecule has 20 heavy (non-hydrogen) atoms. The highest BCUT2D eigenvalue weighted by molar-refractivity contribution is 5.74. The first kappa shape index (κ1) is 17.5. The van der Waals surface area contributed by atoms with Crippen LogP contribution in [0.15, 0.2) is 0 Å². The lowest BCUT2D eigenvalue weighted by molar-refractivity contribution is -0.157. The normalized spacial score (nSPS) is 17.9. The van der Waals surface area contributed by atoms with Crippen molar-refractivity contribution in [3.63, 3.8) is 0 Å². The molecule has 0 radical (unpaired) electrons. The van der Waals surface area contributed by atoms with Crippen LogP contribution in [0.5, 0.6) is 0 Å². The summed E-state index contributed by atoms with van der Waals surface area (Å²) in [5.41, 5.74) is 0. The quantitative estimate of drug-likeness (QED) is 0.482. The Balaban J connectivity index is 1.99. The van der Waals surface area contributed by atoms with Crippen molar-refractivity contribution < 1.29 is 14.6 Å². The summed E-state index contributed by atoms with van der Waals surface area (Å²) >= 11 is 0. The molecule has 0 heterocycles. The fourth-order valence-electron chi connectivity index (χ4n) is 2.96. The molecule has 0 bridgehead atoms. The molecule has 1 saturated carbocycles. The van der Waals surface area contributed by atoms with Crippen LogP contribution in [0.25, 0.3) is 0 Å². The largest absolute Gasteiger partial charge is 0.464 e. The van der Waals surface area contributed by atoms with E-state index in [0.29, 0.717) is 6.61 Å². The maximum Gasteiger partial charge on any atom is 0.335 e. The van der Waals surface area contributed by atoms with E-state index in [1.165, 1.54) is 38.5 Å². The molecule has 118 valence electrons. The molecular weight excluding hydrogens is 252 g/mol. The standard InChI is InChI=1S/C17H32O3/c1-2-3-4-5-6-7-11-14-20-17(19)16(18)15-12-9-8-10-13-15/h15-16,18H,2-14H2,1H3/t16-/m0/s1. The molecule has 3 nitrogen and oxygen atoms in total. The molecule has 1 aliphatic rings. The molecule has 1 rings (SSSR count). The van der Waals surface area contributed by atoms with Crippen LogP contribution in [-0.2, 0) is 9.53 Å². The molecule has 0 aliphatic heterocycles. The second-order valence-electron chi connectivity index (χ2n) is 6.13. The zero-order valence-electron chi connectivity index (χ0n) is 13.1. The topological polar surface area (TPSA) is 46.5 Å². The minimum atomic E-state index is -0.889. The summed E-state index contributed by atoms with van der Waals surface area (Å²) in [5, 5.41) is 9.97. The van der Waals surface area contributed by atoms with Crippen molar-refractivity contribution in [3.05, 3.63) is 0 Å². The number of carbonyl (C=O) groups excluding carboxylic acids is 1. The number of aliphatic hydroxyl groups excluding tert-OH is 1. The van der Waals surface area contributed by atoms with Gasteiger partial charge in [0.2, 0.25) is 0 Å². The van der Waals surface area contributed by atoms with Crippen molar-refractivity contribution >= 4 is 5.97 Å². The van der Waals surface area contributed by atoms with Gasteiger partial charge in [0.25, 0.3) is 0 Å². The molecule has 0 spiro atoms. The number of hydrogen-bond acceptors (Lipinski definition) is 3. The van der Waals surface area contributed by atoms with E-state index in [1.54, 1.807) is 0 Å². The van der Waals surface area contributed by atoms with Gasteiger partial charge in [-0.25, -0.2) is 4.79 Å². The average Bonchev–Trinajstić information content (AvgIpc) is 2.50. The lowest BCUT2D eigenvalue weighted by Gasteiger charge is -2.25. The Labute approximate surface area is 124 Å². The van der Waals surface area contributed by atoms with Gasteiger partial charge in [-0.2, -0.15) is 0 Å². The zero-order valence-corrected chi connectivity index (χ0v) is 13.1. The van der Waals surface area contributed by atoms with Gasteiger partial charge in [0.05, 0.1) is 6.61 Å². The van der Waals surface area contributed by atoms with Gasteiger partial charge >= 0.3 is 5.97 Å². The average molecular weight is 284 g/mol. The van der Waals surface area contributed by atoms with Gasteiger partial charge in [-0.15, -0.1) is 0 Å². The number of carbonyl (C=O) groups is 1. The smallest absolute Gasteiger partial charge is 0.335 e. The molecule has 0 unspecified atom stereocenters. The summed E-state index contributed by atoms with van der Waals surface area (Å²) in [7, 11) is 0. The SMILES string of the molecule is CCCCCCCCCOC(=O)[C@@H](O)C1CCCCC1. The Kier molecular flexibility index (Phi) is 9.73. The Hall–Kier alpha value is -0.570. The van der Waals surface area contributed by atoms with Crippen molar-refractivity contribution in [2.24, 2.45) is 5.92 Å². The van der Waals surface area contributed by atoms with Gasteiger partial charge in [-0.3, -0.25) is 0 Å². The van der Waals surface area contributed by atoms with Crippen LogP contribution < -0.4 is 0 Å². The van der Waals surface area contributed by atoms with Crippen LogP contribution in [0.3, 0.4) is 0 Å². The van der Waals surface area contributed by atoms with Crippen LogP contribution in [0.2, 0.25) is 0 Å². The van der Waals surface area contributed by atoms with Crippen molar-refractivity contribution in [1.29, 1.82) is 0 Å². The lowest BCUT2D eigenvalue weighted by atomic mass is 9.85. The minimum Gasteiger partial charge on any atom is -0.464 e. The lowest BCUT2D eigenvalue weighted by Crippen LogP contribution is -2.32. The number of hydrogen-bond donors (Lipinski definition) is 1. The molecule has 0 amide bonds. The van der Waals surface area contributed by atoms with E-state index < -0.39 is 12.1 Å². The molecule has 3 heteroatoms. The summed E-state index contributed by atoms with van der Waals surface area (Å²) < 4.78 is 5.20. The van der Waals surface area contributed by atoms with Crippen LogP contribution in [0.4, 0.5) is 0 Å². The van der Waals surface area contributed by atoms with Gasteiger partial charge in [0, 0.05) is 0 Å². The molecular formula is C17H32O3. The fourth-order valence-corrected chi connectivity index (χ4v) is 2.96. The highest BCUT2D eigenvalue weighted by Gasteiger charge is 2.28. The minimum absolute atomic E-state index is 0.130. The van der Waals surface area contributed by atoms with E-state index in [2.05, 4.69) is 6.92 Å². The predicted octanol–water partition coefficient (Wildman–Crippen LogP) is 4.22. The third-order valence-corrected chi connectivity index (χ3v) is 4.33. The number of rotatable bonds is 10. The van der Waals surface area contributed by atoms with E-state index in [1.807, 2.05) is 0 Å². The molecule has 0 saturated heterocycles. The van der Waals surface area contributed by atoms with E-state index in [9.17, 15) is 9.90 Å². The maximum atomic E-state index is 11.7. The Morgan fingerprint density at radius 1 is 1.05 bits per heavy atom. The van der Waals surface area contributed by atoms with E-state index >= 15 is 0 Å². The summed E-state index contributed by atoms with van der Waals surface area (Å²) in [6.45, 7) is 2.69. The van der Waals surface area contributed by atoms with E-state index in [-0.39, 0.29) is 5.92 Å². The fraction of sp³-hybridized carbons (Fsp3) is 0.941. The molecule has 1 N–H and O–H groups in total. The van der Waals surface area contributed by atoms with Gasteiger partial charge in [0.1, 0.15) is 0 Å². The van der Waals surface area contributed by atoms with Gasteiger partial charge < -0.3 is 9.84 Å². The summed E-state index contributed by atoms with van der Waals surface area (Å²) in [5.74, 6) is -0.270. The predicted molar refractivity (Wildman–Crippen MR) is 81.5 cm³/mol. The summed E-state index contributed by atoms with van der Waals surface area (Å²) in [4.78, 5) is 11.7. The number of aliphatic hydroxyl groups is 1. The van der Waals surface area contributed by atoms with E-state index in [0.717, 1.165) is 38.5 Å². The third kappa shape index (κ3) is 7.28. The molecule has 1 fully saturated rings. The first-order valence-electron chi connectivity index (χ1n) is 8.60. The molecule has 0 aromatic carbocycles. The Morgan fingerprint density at radius 3 is 2.30 bits per heavy atom. The van der Waals surface area contributed by atoms with Gasteiger partial charge in [-0.1, -0.05) is 64.7 Å². The Bertz CT molecular complexity index is 247. The first-order valence-corrected chi connectivity index (χ1v) is 8.60. The van der Waals surface area contributed by atoms with Gasteiger partial charge in [0.15, 0.2) is 6.10 Å². The second kappa shape index (κ2) is 11.1. The van der Waals surface area contributed by atoms with Crippen LogP contribution in [0, 0.1) is 5.92 Å².